The zero-order valence-corrected chi connectivity index (χ0v) is 10.1. The van der Waals surface area contributed by atoms with Gasteiger partial charge in [-0.25, -0.2) is 0 Å². The largest absolute Gasteiger partial charge is 0.264 e. The van der Waals surface area contributed by atoms with Crippen molar-refractivity contribution in [3.63, 3.8) is 0 Å². The Kier molecular flexibility index (Phi) is 5.27. The second kappa shape index (κ2) is 6.78. The second-order valence-corrected chi connectivity index (χ2v) is 3.72. The fourth-order valence-corrected chi connectivity index (χ4v) is 1.50. The van der Waals surface area contributed by atoms with E-state index in [1.807, 2.05) is 24.5 Å². The molecule has 0 radical (unpaired) electrons. The van der Waals surface area contributed by atoms with Gasteiger partial charge in [0.15, 0.2) is 0 Å². The van der Waals surface area contributed by atoms with Crippen molar-refractivity contribution in [2.75, 3.05) is 0 Å². The van der Waals surface area contributed by atoms with Crippen LogP contribution in [0.2, 0.25) is 0 Å². The van der Waals surface area contributed by atoms with Gasteiger partial charge >= 0.3 is 0 Å². The Morgan fingerprint density at radius 3 is 2.56 bits per heavy atom. The zero-order chi connectivity index (χ0) is 11.8. The summed E-state index contributed by atoms with van der Waals surface area (Å²) in [5.74, 6) is 0. The van der Waals surface area contributed by atoms with Crippen LogP contribution < -0.4 is 0 Å². The monoisotopic (exact) mass is 213 g/mol. The summed E-state index contributed by atoms with van der Waals surface area (Å²) in [5, 5.41) is 2.47. The molecule has 84 valence electrons. The van der Waals surface area contributed by atoms with Crippen molar-refractivity contribution in [2.24, 2.45) is 0 Å². The summed E-state index contributed by atoms with van der Waals surface area (Å²) >= 11 is 0. The van der Waals surface area contributed by atoms with Gasteiger partial charge in [-0.2, -0.15) is 0 Å². The topological polar surface area (TPSA) is 12.9 Å². The Bertz CT molecular complexity index is 441. The van der Waals surface area contributed by atoms with Gasteiger partial charge in [-0.15, -0.1) is 6.58 Å². The molecule has 0 saturated carbocycles. The standard InChI is InChI=1S/C12H11N.C3H8/c1-2-5-10-8-13-9-11-6-3-4-7-12(10)11;1-3-2/h2-4,6-9H,1,5H2;3H2,1-2H3. The first-order valence-electron chi connectivity index (χ1n) is 5.76. The van der Waals surface area contributed by atoms with Crippen LogP contribution in [-0.2, 0) is 6.42 Å². The molecule has 0 bridgehead atoms. The number of benzene rings is 1. The van der Waals surface area contributed by atoms with E-state index in [-0.39, 0.29) is 0 Å². The molecule has 0 aliphatic rings. The van der Waals surface area contributed by atoms with Gasteiger partial charge in [0.05, 0.1) is 0 Å². The lowest BCUT2D eigenvalue weighted by atomic mass is 10.1. The first-order valence-corrected chi connectivity index (χ1v) is 5.76. The van der Waals surface area contributed by atoms with Crippen LogP contribution in [0.25, 0.3) is 10.8 Å². The van der Waals surface area contributed by atoms with Crippen molar-refractivity contribution in [3.8, 4) is 0 Å². The number of rotatable bonds is 2. The average Bonchev–Trinajstić information content (AvgIpc) is 2.31. The Balaban J connectivity index is 0.000000386. The second-order valence-electron chi connectivity index (χ2n) is 3.72. The van der Waals surface area contributed by atoms with E-state index < -0.39 is 0 Å². The van der Waals surface area contributed by atoms with Gasteiger partial charge in [0, 0.05) is 17.8 Å². The lowest BCUT2D eigenvalue weighted by molar-refractivity contribution is 1.09. The fraction of sp³-hybridized carbons (Fsp3) is 0.267. The molecular formula is C15H19N. The molecule has 0 aliphatic carbocycles. The highest BCUT2D eigenvalue weighted by molar-refractivity contribution is 5.84. The van der Waals surface area contributed by atoms with E-state index in [0.29, 0.717) is 0 Å². The minimum atomic E-state index is 0.883. The van der Waals surface area contributed by atoms with Crippen LogP contribution in [0.1, 0.15) is 25.8 Å². The van der Waals surface area contributed by atoms with E-state index in [0.717, 1.165) is 6.42 Å². The highest BCUT2D eigenvalue weighted by Gasteiger charge is 1.97. The normalized spacial score (nSPS) is 9.38. The van der Waals surface area contributed by atoms with Crippen molar-refractivity contribution < 1.29 is 0 Å². The Labute approximate surface area is 97.8 Å². The summed E-state index contributed by atoms with van der Waals surface area (Å²) in [7, 11) is 0. The van der Waals surface area contributed by atoms with Crippen molar-refractivity contribution in [2.45, 2.75) is 26.7 Å². The SMILES string of the molecule is C=CCc1cncc2ccccc12.CCC. The van der Waals surface area contributed by atoms with Crippen LogP contribution in [0.15, 0.2) is 49.3 Å². The predicted molar refractivity (Wildman–Crippen MR) is 71.6 cm³/mol. The van der Waals surface area contributed by atoms with Gasteiger partial charge in [0.25, 0.3) is 0 Å². The average molecular weight is 213 g/mol. The number of fused-ring (bicyclic) bond motifs is 1. The van der Waals surface area contributed by atoms with E-state index in [1.54, 1.807) is 0 Å². The Morgan fingerprint density at radius 2 is 1.88 bits per heavy atom. The minimum absolute atomic E-state index is 0.883. The maximum Gasteiger partial charge on any atom is 0.0346 e. The molecule has 0 fully saturated rings. The van der Waals surface area contributed by atoms with Crippen LogP contribution in [0, 0.1) is 0 Å². The van der Waals surface area contributed by atoms with Gasteiger partial charge < -0.3 is 0 Å². The van der Waals surface area contributed by atoms with Crippen molar-refractivity contribution in [1.82, 2.24) is 4.98 Å². The van der Waals surface area contributed by atoms with E-state index in [2.05, 4.69) is 43.6 Å². The van der Waals surface area contributed by atoms with E-state index in [4.69, 9.17) is 0 Å². The lowest BCUT2D eigenvalue weighted by Crippen LogP contribution is -1.85. The summed E-state index contributed by atoms with van der Waals surface area (Å²) in [6.45, 7) is 7.98. The molecule has 1 aromatic carbocycles. The summed E-state index contributed by atoms with van der Waals surface area (Å²) < 4.78 is 0. The van der Waals surface area contributed by atoms with Crippen molar-refractivity contribution in [3.05, 3.63) is 54.9 Å². The van der Waals surface area contributed by atoms with Crippen LogP contribution in [0.5, 0.6) is 0 Å². The first-order chi connectivity index (χ1) is 7.83. The maximum atomic E-state index is 4.18. The molecule has 0 aliphatic heterocycles. The van der Waals surface area contributed by atoms with Gasteiger partial charge in [0.1, 0.15) is 0 Å². The molecule has 1 nitrogen and oxygen atoms in total. The molecule has 0 N–H and O–H groups in total. The molecular weight excluding hydrogens is 194 g/mol. The third-order valence-electron chi connectivity index (χ3n) is 2.11. The summed E-state index contributed by atoms with van der Waals surface area (Å²) in [5.41, 5.74) is 1.24. The van der Waals surface area contributed by atoms with Crippen molar-refractivity contribution >= 4 is 10.8 Å². The summed E-state index contributed by atoms with van der Waals surface area (Å²) in [6, 6.07) is 8.28. The summed E-state index contributed by atoms with van der Waals surface area (Å²) in [4.78, 5) is 4.18. The predicted octanol–water partition coefficient (Wildman–Crippen LogP) is 4.38. The molecule has 0 amide bonds. The number of allylic oxidation sites excluding steroid dienone is 1. The molecule has 1 heterocycles. The molecule has 16 heavy (non-hydrogen) atoms. The van der Waals surface area contributed by atoms with E-state index >= 15 is 0 Å². The van der Waals surface area contributed by atoms with Gasteiger partial charge in [-0.05, 0) is 17.4 Å². The minimum Gasteiger partial charge on any atom is -0.264 e. The quantitative estimate of drug-likeness (QED) is 0.675. The summed E-state index contributed by atoms with van der Waals surface area (Å²) in [6.07, 6.45) is 7.84. The van der Waals surface area contributed by atoms with E-state index in [9.17, 15) is 0 Å². The third-order valence-corrected chi connectivity index (χ3v) is 2.11. The van der Waals surface area contributed by atoms with Crippen LogP contribution >= 0.6 is 0 Å². The van der Waals surface area contributed by atoms with Crippen LogP contribution in [0.3, 0.4) is 0 Å². The molecule has 1 aromatic heterocycles. The van der Waals surface area contributed by atoms with Crippen molar-refractivity contribution in [1.29, 1.82) is 0 Å². The molecule has 0 saturated heterocycles. The van der Waals surface area contributed by atoms with Gasteiger partial charge in [-0.3, -0.25) is 4.98 Å². The maximum absolute atomic E-state index is 4.18. The van der Waals surface area contributed by atoms with E-state index in [1.165, 1.54) is 22.8 Å². The number of nitrogens with zero attached hydrogens (tertiary/aromatic N) is 1. The molecule has 2 aromatic rings. The molecule has 2 rings (SSSR count). The Hall–Kier alpha value is -1.63. The molecule has 0 spiro atoms. The zero-order valence-electron chi connectivity index (χ0n) is 10.1. The van der Waals surface area contributed by atoms with Gasteiger partial charge in [-0.1, -0.05) is 50.6 Å². The molecule has 1 heteroatoms. The molecule has 0 unspecified atom stereocenters. The van der Waals surface area contributed by atoms with Crippen LogP contribution in [-0.4, -0.2) is 4.98 Å². The number of hydrogen-bond donors (Lipinski definition) is 0. The highest BCUT2D eigenvalue weighted by Crippen LogP contribution is 2.17. The number of aromatic nitrogens is 1. The molecule has 0 atom stereocenters. The first kappa shape index (κ1) is 12.4. The van der Waals surface area contributed by atoms with Gasteiger partial charge in [0.2, 0.25) is 0 Å². The van der Waals surface area contributed by atoms with Crippen LogP contribution in [0.4, 0.5) is 0 Å². The number of pyridine rings is 1. The Morgan fingerprint density at radius 1 is 1.19 bits per heavy atom. The third kappa shape index (κ3) is 3.20. The lowest BCUT2D eigenvalue weighted by Gasteiger charge is -2.01. The highest BCUT2D eigenvalue weighted by atomic mass is 14.6. The number of hydrogen-bond acceptors (Lipinski definition) is 1. The smallest absolute Gasteiger partial charge is 0.0346 e. The fourth-order valence-electron chi connectivity index (χ4n) is 1.50.